The topological polar surface area (TPSA) is 82.8 Å². The highest BCUT2D eigenvalue weighted by Crippen LogP contribution is 2.19. The van der Waals surface area contributed by atoms with E-state index in [-0.39, 0.29) is 5.91 Å². The van der Waals surface area contributed by atoms with E-state index >= 15 is 0 Å². The lowest BCUT2D eigenvalue weighted by atomic mass is 10.1. The maximum Gasteiger partial charge on any atom is 0.226 e. The quantitative estimate of drug-likeness (QED) is 0.586. The number of guanidine groups is 1. The summed E-state index contributed by atoms with van der Waals surface area (Å²) in [6, 6.07) is 8.03. The van der Waals surface area contributed by atoms with Gasteiger partial charge in [-0.3, -0.25) is 4.79 Å². The van der Waals surface area contributed by atoms with Crippen LogP contribution in [0.15, 0.2) is 39.9 Å². The average Bonchev–Trinajstić information content (AvgIpc) is 3.09. The van der Waals surface area contributed by atoms with Gasteiger partial charge >= 0.3 is 0 Å². The summed E-state index contributed by atoms with van der Waals surface area (Å²) in [7, 11) is 3.50. The van der Waals surface area contributed by atoms with Crippen molar-refractivity contribution in [3.8, 4) is 11.5 Å². The third kappa shape index (κ3) is 5.91. The van der Waals surface area contributed by atoms with Crippen LogP contribution in [0.4, 0.5) is 0 Å². The molecule has 2 rings (SSSR count). The first-order valence-corrected chi connectivity index (χ1v) is 8.73. The van der Waals surface area contributed by atoms with Crippen molar-refractivity contribution in [1.29, 1.82) is 0 Å². The Balaban J connectivity index is 1.94. The van der Waals surface area contributed by atoms with Gasteiger partial charge in [-0.15, -0.1) is 0 Å². The van der Waals surface area contributed by atoms with E-state index in [1.165, 1.54) is 5.56 Å². The molecule has 1 amide bonds. The molecule has 0 atom stereocenters. The molecule has 2 aromatic rings. The summed E-state index contributed by atoms with van der Waals surface area (Å²) in [5.74, 6) is 1.32. The summed E-state index contributed by atoms with van der Waals surface area (Å²) in [5.41, 5.74) is 2.89. The Hall–Kier alpha value is -2.83. The molecule has 1 heterocycles. The van der Waals surface area contributed by atoms with Crippen LogP contribution in [0.5, 0.6) is 0 Å². The van der Waals surface area contributed by atoms with E-state index in [1.54, 1.807) is 25.3 Å². The second-order valence-electron chi connectivity index (χ2n) is 6.17. The van der Waals surface area contributed by atoms with Crippen molar-refractivity contribution in [2.24, 2.45) is 4.99 Å². The predicted molar refractivity (Wildman–Crippen MR) is 103 cm³/mol. The van der Waals surface area contributed by atoms with Gasteiger partial charge in [0, 0.05) is 39.2 Å². The molecule has 0 bridgehead atoms. The van der Waals surface area contributed by atoms with Crippen LogP contribution in [-0.2, 0) is 11.3 Å². The summed E-state index contributed by atoms with van der Waals surface area (Å²) >= 11 is 0. The average molecular weight is 357 g/mol. The number of hydrogen-bond acceptors (Lipinski definition) is 4. The Kier molecular flexibility index (Phi) is 7.20. The highest BCUT2D eigenvalue weighted by molar-refractivity contribution is 5.81. The molecule has 26 heavy (non-hydrogen) atoms. The predicted octanol–water partition coefficient (Wildman–Crippen LogP) is 2.18. The van der Waals surface area contributed by atoms with Gasteiger partial charge in [-0.05, 0) is 26.0 Å². The van der Waals surface area contributed by atoms with Gasteiger partial charge in [0.05, 0.1) is 6.54 Å². The van der Waals surface area contributed by atoms with Crippen LogP contribution in [0.2, 0.25) is 0 Å². The minimum Gasteiger partial charge on any atom is -0.444 e. The van der Waals surface area contributed by atoms with Crippen LogP contribution in [0.3, 0.4) is 0 Å². The number of oxazole rings is 1. The first-order valence-electron chi connectivity index (χ1n) is 8.73. The first kappa shape index (κ1) is 19.5. The fourth-order valence-corrected chi connectivity index (χ4v) is 2.22. The second-order valence-corrected chi connectivity index (χ2v) is 6.17. The summed E-state index contributed by atoms with van der Waals surface area (Å²) in [5, 5.41) is 6.31. The van der Waals surface area contributed by atoms with Gasteiger partial charge in [0.15, 0.2) is 5.96 Å². The number of hydrogen-bond donors (Lipinski definition) is 2. The van der Waals surface area contributed by atoms with Crippen LogP contribution >= 0.6 is 0 Å². The molecule has 140 valence electrons. The number of carbonyl (C=O) groups is 1. The van der Waals surface area contributed by atoms with E-state index in [4.69, 9.17) is 4.42 Å². The van der Waals surface area contributed by atoms with Gasteiger partial charge in [0.1, 0.15) is 12.0 Å². The zero-order valence-corrected chi connectivity index (χ0v) is 15.9. The minimum absolute atomic E-state index is 0.0765. The van der Waals surface area contributed by atoms with E-state index in [9.17, 15) is 4.79 Å². The molecule has 0 saturated heterocycles. The lowest BCUT2D eigenvalue weighted by Crippen LogP contribution is -2.39. The second kappa shape index (κ2) is 9.60. The van der Waals surface area contributed by atoms with Gasteiger partial charge < -0.3 is 20.0 Å². The minimum atomic E-state index is 0.0765. The van der Waals surface area contributed by atoms with Gasteiger partial charge in [-0.25, -0.2) is 9.98 Å². The molecule has 1 aromatic carbocycles. The van der Waals surface area contributed by atoms with Crippen LogP contribution in [0.25, 0.3) is 11.5 Å². The van der Waals surface area contributed by atoms with E-state index in [2.05, 4.69) is 20.6 Å². The largest absolute Gasteiger partial charge is 0.444 e. The maximum absolute atomic E-state index is 11.6. The SMILES string of the molecule is CCNC(=NCc1coc(-c2ccc(C)cc2)n1)NCCC(=O)N(C)C. The highest BCUT2D eigenvalue weighted by Gasteiger charge is 2.07. The molecule has 0 aliphatic heterocycles. The molecule has 0 spiro atoms. The standard InChI is InChI=1S/C19H27N5O2/c1-5-20-19(21-11-10-17(25)24(3)4)22-12-16-13-26-18(23-16)15-8-6-14(2)7-9-15/h6-9,13H,5,10-12H2,1-4H3,(H2,20,21,22). The highest BCUT2D eigenvalue weighted by atomic mass is 16.3. The Morgan fingerprint density at radius 3 is 2.62 bits per heavy atom. The number of amides is 1. The number of nitrogens with one attached hydrogen (secondary N) is 2. The molecule has 7 heteroatoms. The monoisotopic (exact) mass is 357 g/mol. The number of benzene rings is 1. The van der Waals surface area contributed by atoms with Gasteiger partial charge in [-0.2, -0.15) is 0 Å². The molecular weight excluding hydrogens is 330 g/mol. The number of rotatable bonds is 7. The van der Waals surface area contributed by atoms with E-state index in [0.717, 1.165) is 17.8 Å². The van der Waals surface area contributed by atoms with Crippen molar-refractivity contribution < 1.29 is 9.21 Å². The Labute approximate surface area is 154 Å². The van der Waals surface area contributed by atoms with Crippen molar-refractivity contribution in [2.45, 2.75) is 26.8 Å². The van der Waals surface area contributed by atoms with E-state index < -0.39 is 0 Å². The smallest absolute Gasteiger partial charge is 0.226 e. The number of aliphatic imine (C=N–C) groups is 1. The van der Waals surface area contributed by atoms with Crippen LogP contribution in [0.1, 0.15) is 24.6 Å². The molecule has 0 unspecified atom stereocenters. The third-order valence-corrected chi connectivity index (χ3v) is 3.72. The van der Waals surface area contributed by atoms with Crippen LogP contribution in [-0.4, -0.2) is 48.9 Å². The Morgan fingerprint density at radius 1 is 1.23 bits per heavy atom. The zero-order valence-electron chi connectivity index (χ0n) is 15.9. The number of aromatic nitrogens is 1. The molecule has 0 aliphatic rings. The lowest BCUT2D eigenvalue weighted by molar-refractivity contribution is -0.128. The fraction of sp³-hybridized carbons (Fsp3) is 0.421. The first-order chi connectivity index (χ1) is 12.5. The summed E-state index contributed by atoms with van der Waals surface area (Å²) in [6.45, 7) is 5.69. The normalized spacial score (nSPS) is 11.3. The van der Waals surface area contributed by atoms with E-state index in [1.807, 2.05) is 38.1 Å². The van der Waals surface area contributed by atoms with Crippen molar-refractivity contribution in [3.63, 3.8) is 0 Å². The van der Waals surface area contributed by atoms with Gasteiger partial charge in [-0.1, -0.05) is 17.7 Å². The van der Waals surface area contributed by atoms with E-state index in [0.29, 0.717) is 31.4 Å². The van der Waals surface area contributed by atoms with Crippen molar-refractivity contribution in [1.82, 2.24) is 20.5 Å². The Morgan fingerprint density at radius 2 is 1.96 bits per heavy atom. The molecule has 0 fully saturated rings. The fourth-order valence-electron chi connectivity index (χ4n) is 2.22. The van der Waals surface area contributed by atoms with Crippen molar-refractivity contribution in [3.05, 3.63) is 41.8 Å². The van der Waals surface area contributed by atoms with Crippen LogP contribution in [0, 0.1) is 6.92 Å². The zero-order chi connectivity index (χ0) is 18.9. The number of nitrogens with zero attached hydrogens (tertiary/aromatic N) is 3. The molecular formula is C19H27N5O2. The molecule has 0 aliphatic carbocycles. The van der Waals surface area contributed by atoms with Crippen molar-refractivity contribution in [2.75, 3.05) is 27.2 Å². The maximum atomic E-state index is 11.6. The summed E-state index contributed by atoms with van der Waals surface area (Å²) < 4.78 is 5.55. The number of carbonyl (C=O) groups excluding carboxylic acids is 1. The molecule has 2 N–H and O–H groups in total. The summed E-state index contributed by atoms with van der Waals surface area (Å²) in [6.07, 6.45) is 2.04. The lowest BCUT2D eigenvalue weighted by Gasteiger charge is -2.13. The van der Waals surface area contributed by atoms with Gasteiger partial charge in [0.25, 0.3) is 0 Å². The van der Waals surface area contributed by atoms with Crippen LogP contribution < -0.4 is 10.6 Å². The molecule has 0 saturated carbocycles. The molecule has 0 radical (unpaired) electrons. The number of aryl methyl sites for hydroxylation is 1. The Bertz CT molecular complexity index is 735. The molecule has 7 nitrogen and oxygen atoms in total. The molecule has 1 aromatic heterocycles. The van der Waals surface area contributed by atoms with Gasteiger partial charge in [0.2, 0.25) is 11.8 Å². The third-order valence-electron chi connectivity index (χ3n) is 3.72. The van der Waals surface area contributed by atoms with Crippen molar-refractivity contribution >= 4 is 11.9 Å². The summed E-state index contributed by atoms with van der Waals surface area (Å²) in [4.78, 5) is 22.2.